The van der Waals surface area contributed by atoms with Crippen molar-refractivity contribution in [2.45, 2.75) is 32.4 Å². The molecule has 1 amide bonds. The van der Waals surface area contributed by atoms with Gasteiger partial charge in [0.2, 0.25) is 5.91 Å². The number of amides is 1. The molecule has 1 aromatic carbocycles. The van der Waals surface area contributed by atoms with Crippen LogP contribution in [0.5, 0.6) is 5.75 Å². The van der Waals surface area contributed by atoms with E-state index in [-0.39, 0.29) is 23.9 Å². The van der Waals surface area contributed by atoms with E-state index in [0.29, 0.717) is 13.1 Å². The van der Waals surface area contributed by atoms with Crippen molar-refractivity contribution in [2.75, 3.05) is 25.0 Å². The molecule has 2 atom stereocenters. The average molecular weight is 500 g/mol. The van der Waals surface area contributed by atoms with Crippen molar-refractivity contribution in [3.63, 3.8) is 0 Å². The van der Waals surface area contributed by atoms with Crippen LogP contribution in [0, 0.1) is 23.2 Å². The molecule has 3 aromatic rings. The smallest absolute Gasteiger partial charge is 0.236 e. The number of hydrogen-bond acceptors (Lipinski definition) is 6. The van der Waals surface area contributed by atoms with Crippen LogP contribution in [0.3, 0.4) is 0 Å². The highest BCUT2D eigenvalue weighted by molar-refractivity contribution is 7.10. The molecule has 2 saturated heterocycles. The molecule has 2 aliphatic heterocycles. The first kappa shape index (κ1) is 23.9. The third-order valence-corrected chi connectivity index (χ3v) is 7.79. The van der Waals surface area contributed by atoms with Crippen LogP contribution in [0.25, 0.3) is 11.1 Å². The van der Waals surface area contributed by atoms with Gasteiger partial charge in [0.15, 0.2) is 5.96 Å². The maximum atomic E-state index is 13.5. The Morgan fingerprint density at radius 3 is 2.86 bits per heavy atom. The minimum absolute atomic E-state index is 0.0485. The van der Waals surface area contributed by atoms with E-state index in [9.17, 15) is 4.79 Å². The Balaban J connectivity index is 1.53. The summed E-state index contributed by atoms with van der Waals surface area (Å²) in [5, 5.41) is 14.0. The highest BCUT2D eigenvalue weighted by Gasteiger charge is 2.57. The van der Waals surface area contributed by atoms with E-state index < -0.39 is 5.54 Å². The number of carbonyl (C=O) groups is 1. The molecule has 0 saturated carbocycles. The summed E-state index contributed by atoms with van der Waals surface area (Å²) in [7, 11) is 1.66. The van der Waals surface area contributed by atoms with Crippen LogP contribution in [0.4, 0.5) is 5.69 Å². The zero-order valence-corrected chi connectivity index (χ0v) is 21.6. The van der Waals surface area contributed by atoms with E-state index in [1.54, 1.807) is 24.6 Å². The van der Waals surface area contributed by atoms with Crippen molar-refractivity contribution in [1.29, 1.82) is 5.41 Å². The highest BCUT2D eigenvalue weighted by atomic mass is 32.1. The molecule has 2 fully saturated rings. The normalized spacial score (nSPS) is 21.2. The number of aromatic nitrogens is 1. The summed E-state index contributed by atoms with van der Waals surface area (Å²) in [6.07, 6.45) is 3.66. The number of fused-ring (bicyclic) bond motifs is 1. The van der Waals surface area contributed by atoms with Gasteiger partial charge in [-0.1, -0.05) is 12.0 Å². The third kappa shape index (κ3) is 4.20. The van der Waals surface area contributed by atoms with Gasteiger partial charge in [-0.05, 0) is 56.0 Å². The molecule has 4 heterocycles. The molecule has 5 rings (SSSR count). The summed E-state index contributed by atoms with van der Waals surface area (Å²) >= 11 is 1.61. The summed E-state index contributed by atoms with van der Waals surface area (Å²) in [6, 6.07) is 12.2. The number of carbonyl (C=O) groups excluding carboxylic acids is 1. The zero-order chi connectivity index (χ0) is 25.4. The van der Waals surface area contributed by atoms with E-state index in [1.807, 2.05) is 57.3 Å². The van der Waals surface area contributed by atoms with Crippen LogP contribution in [-0.2, 0) is 10.3 Å². The van der Waals surface area contributed by atoms with Gasteiger partial charge in [0, 0.05) is 60.3 Å². The molecule has 0 bridgehead atoms. The van der Waals surface area contributed by atoms with Crippen molar-refractivity contribution in [2.24, 2.45) is 5.92 Å². The van der Waals surface area contributed by atoms with E-state index in [0.717, 1.165) is 33.0 Å². The molecule has 2 aromatic heterocycles. The Hall–Kier alpha value is -3.83. The van der Waals surface area contributed by atoms with Crippen molar-refractivity contribution in [3.05, 3.63) is 64.6 Å². The highest BCUT2D eigenvalue weighted by Crippen LogP contribution is 2.45. The number of pyridine rings is 1. The molecule has 0 aliphatic carbocycles. The minimum atomic E-state index is -0.702. The summed E-state index contributed by atoms with van der Waals surface area (Å²) in [5.74, 6) is 6.51. The van der Waals surface area contributed by atoms with Crippen molar-refractivity contribution >= 4 is 28.9 Å². The second-order valence-corrected chi connectivity index (χ2v) is 10.4. The maximum absolute atomic E-state index is 13.5. The standard InChI is InChI=1S/C28H29N5O2S/c1-5-7-19-10-20(14-30-13-19)21-11-25(36-16-21)28-17-33(15-24(28)26(34)32(4)27(29)31-28)22-8-6-9-23(12-22)35-18(2)3/h6,8-14,16,18,24H,15,17H2,1-4H3,(H2,29,31)/t24?,28-/m0/s1. The summed E-state index contributed by atoms with van der Waals surface area (Å²) in [6.45, 7) is 6.92. The van der Waals surface area contributed by atoms with Gasteiger partial charge in [-0.3, -0.25) is 20.1 Å². The second kappa shape index (κ2) is 9.32. The van der Waals surface area contributed by atoms with Gasteiger partial charge in [0.1, 0.15) is 11.3 Å². The maximum Gasteiger partial charge on any atom is 0.236 e. The lowest BCUT2D eigenvalue weighted by atomic mass is 9.82. The molecule has 36 heavy (non-hydrogen) atoms. The van der Waals surface area contributed by atoms with Gasteiger partial charge in [-0.2, -0.15) is 0 Å². The summed E-state index contributed by atoms with van der Waals surface area (Å²) in [5.41, 5.74) is 3.17. The van der Waals surface area contributed by atoms with Gasteiger partial charge in [0.05, 0.1) is 12.0 Å². The van der Waals surface area contributed by atoms with Gasteiger partial charge in [-0.25, -0.2) is 0 Å². The van der Waals surface area contributed by atoms with E-state index >= 15 is 0 Å². The number of benzene rings is 1. The van der Waals surface area contributed by atoms with Gasteiger partial charge in [-0.15, -0.1) is 17.3 Å². The fourth-order valence-corrected chi connectivity index (χ4v) is 6.09. The van der Waals surface area contributed by atoms with Crippen molar-refractivity contribution in [3.8, 4) is 28.7 Å². The van der Waals surface area contributed by atoms with Crippen molar-refractivity contribution in [1.82, 2.24) is 15.2 Å². The lowest BCUT2D eigenvalue weighted by Gasteiger charge is -2.42. The van der Waals surface area contributed by atoms with E-state index in [1.165, 1.54) is 4.90 Å². The molecule has 0 radical (unpaired) electrons. The topological polar surface area (TPSA) is 81.6 Å². The number of ether oxygens (including phenoxy) is 1. The number of thiophene rings is 1. The Morgan fingerprint density at radius 2 is 2.08 bits per heavy atom. The first-order valence-corrected chi connectivity index (χ1v) is 12.8. The molecule has 2 N–H and O–H groups in total. The number of anilines is 1. The van der Waals surface area contributed by atoms with Crippen LogP contribution >= 0.6 is 11.3 Å². The lowest BCUT2D eigenvalue weighted by Crippen LogP contribution is -2.64. The molecular weight excluding hydrogens is 470 g/mol. The molecular formula is C28H29N5O2S. The van der Waals surface area contributed by atoms with Crippen molar-refractivity contribution < 1.29 is 9.53 Å². The quantitative estimate of drug-likeness (QED) is 0.512. The molecule has 8 heteroatoms. The monoisotopic (exact) mass is 499 g/mol. The number of nitrogens with zero attached hydrogens (tertiary/aromatic N) is 3. The molecule has 0 spiro atoms. The Bertz CT molecular complexity index is 1390. The largest absolute Gasteiger partial charge is 0.491 e. The zero-order valence-electron chi connectivity index (χ0n) is 20.8. The number of nitrogens with one attached hydrogen (secondary N) is 2. The third-order valence-electron chi connectivity index (χ3n) is 6.68. The molecule has 7 nitrogen and oxygen atoms in total. The SMILES string of the molecule is CC#Cc1cncc(-c2csc([C@]34CN(c5cccc(OC(C)C)c5)CC3C(=O)N(C)C(=N)N4)c2)c1. The first-order chi connectivity index (χ1) is 17.3. The Labute approximate surface area is 215 Å². The molecule has 1 unspecified atom stereocenters. The molecule has 2 aliphatic rings. The van der Waals surface area contributed by atoms with E-state index in [4.69, 9.17) is 10.1 Å². The van der Waals surface area contributed by atoms with Crippen LogP contribution < -0.4 is 15.0 Å². The van der Waals surface area contributed by atoms with Crippen LogP contribution in [0.1, 0.15) is 31.2 Å². The fraction of sp³-hybridized carbons (Fsp3) is 0.321. The summed E-state index contributed by atoms with van der Waals surface area (Å²) in [4.78, 5) is 22.5. The lowest BCUT2D eigenvalue weighted by molar-refractivity contribution is -0.133. The second-order valence-electron chi connectivity index (χ2n) is 9.48. The van der Waals surface area contributed by atoms with Crippen LogP contribution in [-0.4, -0.2) is 48.0 Å². The predicted octanol–water partition coefficient (Wildman–Crippen LogP) is 4.30. The number of guanidine groups is 1. The van der Waals surface area contributed by atoms with Crippen LogP contribution in [0.2, 0.25) is 0 Å². The van der Waals surface area contributed by atoms with Gasteiger partial charge in [0.25, 0.3) is 0 Å². The Morgan fingerprint density at radius 1 is 1.25 bits per heavy atom. The molecule has 184 valence electrons. The number of hydrogen-bond donors (Lipinski definition) is 2. The Kier molecular flexibility index (Phi) is 6.19. The van der Waals surface area contributed by atoms with Gasteiger partial charge >= 0.3 is 0 Å². The first-order valence-electron chi connectivity index (χ1n) is 11.9. The minimum Gasteiger partial charge on any atom is -0.491 e. The average Bonchev–Trinajstić information content (AvgIpc) is 3.50. The predicted molar refractivity (Wildman–Crippen MR) is 143 cm³/mol. The summed E-state index contributed by atoms with van der Waals surface area (Å²) < 4.78 is 5.91. The van der Waals surface area contributed by atoms with E-state index in [2.05, 4.69) is 38.5 Å². The fourth-order valence-electron chi connectivity index (χ4n) is 4.97. The number of rotatable bonds is 5. The van der Waals surface area contributed by atoms with Crippen LogP contribution in [0.15, 0.2) is 54.2 Å². The van der Waals surface area contributed by atoms with Gasteiger partial charge < -0.3 is 15.0 Å².